The molecule has 0 bridgehead atoms. The molecule has 0 spiro atoms. The number of fused-ring (bicyclic) bond motifs is 1. The lowest BCUT2D eigenvalue weighted by Crippen LogP contribution is -1.93. The van der Waals surface area contributed by atoms with Crippen molar-refractivity contribution >= 4 is 16.8 Å². The monoisotopic (exact) mass is 316 g/mol. The quantitative estimate of drug-likeness (QED) is 0.391. The highest BCUT2D eigenvalue weighted by molar-refractivity contribution is 5.80. The lowest BCUT2D eigenvalue weighted by atomic mass is 10.0. The minimum Gasteiger partial charge on any atom is -0.436 e. The highest BCUT2D eigenvalue weighted by atomic mass is 16.6. The van der Waals surface area contributed by atoms with E-state index in [2.05, 4.69) is 4.98 Å². The number of hydrogen-bond acceptors (Lipinski definition) is 4. The van der Waals surface area contributed by atoms with Gasteiger partial charge in [0.15, 0.2) is 5.58 Å². The predicted molar refractivity (Wildman–Crippen MR) is 91.5 cm³/mol. The first kappa shape index (κ1) is 14.1. The minimum absolute atomic E-state index is 0.0251. The van der Waals surface area contributed by atoms with Gasteiger partial charge in [0.05, 0.1) is 4.92 Å². The van der Waals surface area contributed by atoms with Gasteiger partial charge < -0.3 is 4.42 Å². The average molecular weight is 316 g/mol. The fourth-order valence-electron chi connectivity index (χ4n) is 2.66. The molecule has 24 heavy (non-hydrogen) atoms. The van der Waals surface area contributed by atoms with Crippen molar-refractivity contribution in [1.82, 2.24) is 4.98 Å². The summed E-state index contributed by atoms with van der Waals surface area (Å²) in [5.41, 5.74) is 3.33. The second-order valence-electron chi connectivity index (χ2n) is 5.34. The summed E-state index contributed by atoms with van der Waals surface area (Å²) in [7, 11) is 0. The first-order valence-corrected chi connectivity index (χ1v) is 7.42. The molecule has 0 saturated carbocycles. The Morgan fingerprint density at radius 2 is 1.62 bits per heavy atom. The first-order chi connectivity index (χ1) is 11.7. The number of para-hydroxylation sites is 2. The number of nitrogens with zero attached hydrogens (tertiary/aromatic N) is 2. The Balaban J connectivity index is 1.87. The van der Waals surface area contributed by atoms with Crippen molar-refractivity contribution < 1.29 is 9.34 Å². The van der Waals surface area contributed by atoms with Crippen LogP contribution in [0.15, 0.2) is 77.2 Å². The lowest BCUT2D eigenvalue weighted by Gasteiger charge is -2.04. The van der Waals surface area contributed by atoms with Crippen LogP contribution >= 0.6 is 0 Å². The smallest absolute Gasteiger partial charge is 0.282 e. The zero-order valence-corrected chi connectivity index (χ0v) is 12.5. The van der Waals surface area contributed by atoms with Gasteiger partial charge in [-0.2, -0.15) is 0 Å². The molecule has 0 aliphatic heterocycles. The second kappa shape index (κ2) is 5.62. The predicted octanol–water partition coefficient (Wildman–Crippen LogP) is 5.07. The van der Waals surface area contributed by atoms with E-state index < -0.39 is 4.92 Å². The molecule has 5 heteroatoms. The van der Waals surface area contributed by atoms with Crippen molar-refractivity contribution in [3.63, 3.8) is 0 Å². The number of nitro benzene ring substituents is 1. The van der Waals surface area contributed by atoms with E-state index in [-0.39, 0.29) is 11.6 Å². The summed E-state index contributed by atoms with van der Waals surface area (Å²) < 4.78 is 5.67. The highest BCUT2D eigenvalue weighted by Crippen LogP contribution is 2.34. The molecule has 0 atom stereocenters. The van der Waals surface area contributed by atoms with Gasteiger partial charge in [0.1, 0.15) is 11.1 Å². The maximum Gasteiger partial charge on any atom is 0.282 e. The van der Waals surface area contributed by atoms with Crippen LogP contribution in [0.2, 0.25) is 0 Å². The summed E-state index contributed by atoms with van der Waals surface area (Å²) in [6, 6.07) is 21.9. The van der Waals surface area contributed by atoms with Gasteiger partial charge in [0, 0.05) is 6.07 Å². The molecule has 5 nitrogen and oxygen atoms in total. The largest absolute Gasteiger partial charge is 0.436 e. The maximum absolute atomic E-state index is 11.5. The summed E-state index contributed by atoms with van der Waals surface area (Å²) in [5.74, 6) is 0.252. The van der Waals surface area contributed by atoms with Crippen LogP contribution in [0.5, 0.6) is 0 Å². The molecular weight excluding hydrogens is 304 g/mol. The molecule has 0 aliphatic carbocycles. The van der Waals surface area contributed by atoms with E-state index in [1.54, 1.807) is 18.2 Å². The first-order valence-electron chi connectivity index (χ1n) is 7.42. The fraction of sp³-hybridized carbons (Fsp3) is 0. The number of nitro groups is 1. The van der Waals surface area contributed by atoms with Crippen LogP contribution in [0.3, 0.4) is 0 Å². The van der Waals surface area contributed by atoms with E-state index in [0.29, 0.717) is 16.7 Å². The number of rotatable bonds is 3. The van der Waals surface area contributed by atoms with Crippen LogP contribution < -0.4 is 0 Å². The van der Waals surface area contributed by atoms with Gasteiger partial charge in [-0.3, -0.25) is 10.1 Å². The Kier molecular flexibility index (Phi) is 3.31. The summed E-state index contributed by atoms with van der Waals surface area (Å²) in [6.45, 7) is 0. The molecule has 0 fully saturated rings. The van der Waals surface area contributed by atoms with Crippen molar-refractivity contribution in [2.75, 3.05) is 0 Å². The average Bonchev–Trinajstić information content (AvgIpc) is 3.06. The Labute approximate surface area is 137 Å². The molecule has 0 amide bonds. The van der Waals surface area contributed by atoms with Crippen molar-refractivity contribution in [2.45, 2.75) is 0 Å². The Morgan fingerprint density at radius 1 is 0.875 bits per heavy atom. The Hall–Kier alpha value is -3.47. The van der Waals surface area contributed by atoms with Gasteiger partial charge in [0.25, 0.3) is 5.69 Å². The van der Waals surface area contributed by atoms with Gasteiger partial charge >= 0.3 is 0 Å². The minimum atomic E-state index is -0.406. The summed E-state index contributed by atoms with van der Waals surface area (Å²) in [5, 5.41) is 11.5. The molecule has 0 saturated heterocycles. The third-order valence-corrected chi connectivity index (χ3v) is 3.83. The molecule has 0 N–H and O–H groups in total. The number of oxazole rings is 1. The van der Waals surface area contributed by atoms with E-state index in [4.69, 9.17) is 4.42 Å². The fourth-order valence-corrected chi connectivity index (χ4v) is 2.66. The molecule has 0 radical (unpaired) electrons. The maximum atomic E-state index is 11.5. The molecule has 1 aromatic heterocycles. The number of benzene rings is 3. The molecule has 0 aliphatic rings. The molecule has 1 heterocycles. The van der Waals surface area contributed by atoms with Crippen LogP contribution in [0.1, 0.15) is 0 Å². The zero-order valence-electron chi connectivity index (χ0n) is 12.5. The SMILES string of the molecule is O=[N+]([O-])c1cc(-c2ccccc2)ccc1-c1nc2ccccc2o1. The Morgan fingerprint density at radius 3 is 2.38 bits per heavy atom. The normalized spacial score (nSPS) is 10.8. The van der Waals surface area contributed by atoms with Crippen LogP contribution in [-0.4, -0.2) is 9.91 Å². The van der Waals surface area contributed by atoms with Crippen molar-refractivity contribution in [3.8, 4) is 22.6 Å². The molecule has 4 rings (SSSR count). The standard InChI is InChI=1S/C19H12N2O3/c22-21(23)17-12-14(13-6-2-1-3-7-13)10-11-15(17)19-20-16-8-4-5-9-18(16)24-19/h1-12H. The summed E-state index contributed by atoms with van der Waals surface area (Å²) in [6.07, 6.45) is 0. The summed E-state index contributed by atoms with van der Waals surface area (Å²) >= 11 is 0. The number of aromatic nitrogens is 1. The van der Waals surface area contributed by atoms with Crippen molar-refractivity contribution in [3.05, 3.63) is 82.9 Å². The van der Waals surface area contributed by atoms with Gasteiger partial charge in [-0.15, -0.1) is 0 Å². The van der Waals surface area contributed by atoms with Gasteiger partial charge in [-0.25, -0.2) is 4.98 Å². The Bertz CT molecular complexity index is 1010. The van der Waals surface area contributed by atoms with E-state index in [1.807, 2.05) is 54.6 Å². The van der Waals surface area contributed by atoms with Crippen LogP contribution in [0.4, 0.5) is 5.69 Å². The molecule has 0 unspecified atom stereocenters. The third-order valence-electron chi connectivity index (χ3n) is 3.83. The van der Waals surface area contributed by atoms with Gasteiger partial charge in [-0.05, 0) is 29.3 Å². The highest BCUT2D eigenvalue weighted by Gasteiger charge is 2.21. The van der Waals surface area contributed by atoms with Crippen LogP contribution in [-0.2, 0) is 0 Å². The van der Waals surface area contributed by atoms with Gasteiger partial charge in [0.2, 0.25) is 5.89 Å². The molecule has 4 aromatic rings. The number of hydrogen-bond donors (Lipinski definition) is 0. The van der Waals surface area contributed by atoms with Crippen LogP contribution in [0.25, 0.3) is 33.7 Å². The van der Waals surface area contributed by atoms with Crippen molar-refractivity contribution in [1.29, 1.82) is 0 Å². The van der Waals surface area contributed by atoms with E-state index in [1.165, 1.54) is 0 Å². The summed E-state index contributed by atoms with van der Waals surface area (Å²) in [4.78, 5) is 15.5. The van der Waals surface area contributed by atoms with E-state index >= 15 is 0 Å². The van der Waals surface area contributed by atoms with Crippen molar-refractivity contribution in [2.24, 2.45) is 0 Å². The third kappa shape index (κ3) is 2.42. The zero-order chi connectivity index (χ0) is 16.5. The molecule has 3 aromatic carbocycles. The van der Waals surface area contributed by atoms with Gasteiger partial charge in [-0.1, -0.05) is 48.5 Å². The van der Waals surface area contributed by atoms with Crippen LogP contribution in [0, 0.1) is 10.1 Å². The lowest BCUT2D eigenvalue weighted by molar-refractivity contribution is -0.384. The topological polar surface area (TPSA) is 69.2 Å². The van der Waals surface area contributed by atoms with E-state index in [9.17, 15) is 10.1 Å². The second-order valence-corrected chi connectivity index (χ2v) is 5.34. The molecular formula is C19H12N2O3. The van der Waals surface area contributed by atoms with E-state index in [0.717, 1.165) is 11.1 Å². The molecule has 116 valence electrons.